The predicted octanol–water partition coefficient (Wildman–Crippen LogP) is -1.18. The van der Waals surface area contributed by atoms with Crippen LogP contribution in [0.3, 0.4) is 0 Å². The molecule has 1 fully saturated rings. The quantitative estimate of drug-likeness (QED) is 0.330. The van der Waals surface area contributed by atoms with Crippen molar-refractivity contribution in [3.05, 3.63) is 18.2 Å². The molecule has 1 aromatic rings. The molecule has 0 saturated carbocycles. The zero-order valence-corrected chi connectivity index (χ0v) is 14.3. The van der Waals surface area contributed by atoms with E-state index in [2.05, 4.69) is 16.0 Å². The van der Waals surface area contributed by atoms with Gasteiger partial charge in [-0.2, -0.15) is 0 Å². The normalized spacial score (nSPS) is 26.2. The van der Waals surface area contributed by atoms with Gasteiger partial charge < -0.3 is 41.1 Å². The number of hydrogen-bond donors (Lipinski definition) is 7. The lowest BCUT2D eigenvalue weighted by atomic mass is 10.1. The molecule has 1 aromatic carbocycles. The Morgan fingerprint density at radius 1 is 1.12 bits per heavy atom. The first-order chi connectivity index (χ1) is 12.2. The third-order valence-electron chi connectivity index (χ3n) is 3.82. The summed E-state index contributed by atoms with van der Waals surface area (Å²) < 4.78 is 5.40. The van der Waals surface area contributed by atoms with Crippen LogP contribution in [0.15, 0.2) is 18.2 Å². The Balaban J connectivity index is 2.25. The van der Waals surface area contributed by atoms with Gasteiger partial charge in [0.05, 0.1) is 18.0 Å². The topological polar surface area (TPSA) is 160 Å². The van der Waals surface area contributed by atoms with E-state index >= 15 is 0 Å². The highest BCUT2D eigenvalue weighted by Crippen LogP contribution is 2.31. The Morgan fingerprint density at radius 2 is 1.77 bits per heavy atom. The van der Waals surface area contributed by atoms with Crippen molar-refractivity contribution in [2.45, 2.75) is 44.5 Å². The molecule has 5 atom stereocenters. The van der Waals surface area contributed by atoms with Gasteiger partial charge in [-0.15, -0.1) is 0 Å². The van der Waals surface area contributed by atoms with Crippen LogP contribution in [0.1, 0.15) is 13.8 Å². The molecule has 144 valence electrons. The molecule has 0 aromatic heterocycles. The monoisotopic (exact) mass is 369 g/mol. The van der Waals surface area contributed by atoms with E-state index in [0.29, 0.717) is 17.1 Å². The number of ether oxygens (including phenoxy) is 1. The van der Waals surface area contributed by atoms with E-state index in [9.17, 15) is 24.9 Å². The van der Waals surface area contributed by atoms with E-state index in [4.69, 9.17) is 9.84 Å². The van der Waals surface area contributed by atoms with Crippen LogP contribution in [0, 0.1) is 0 Å². The number of rotatable bonds is 6. The molecule has 1 saturated heterocycles. The fourth-order valence-corrected chi connectivity index (χ4v) is 2.64. The lowest BCUT2D eigenvalue weighted by Crippen LogP contribution is -2.40. The van der Waals surface area contributed by atoms with E-state index in [1.54, 1.807) is 12.1 Å². The second-order valence-corrected chi connectivity index (χ2v) is 6.02. The molecule has 0 radical (unpaired) electrons. The van der Waals surface area contributed by atoms with Crippen molar-refractivity contribution in [1.29, 1.82) is 0 Å². The summed E-state index contributed by atoms with van der Waals surface area (Å²) in [6, 6.07) is 4.65. The average molecular weight is 369 g/mol. The highest BCUT2D eigenvalue weighted by atomic mass is 16.6. The van der Waals surface area contributed by atoms with Crippen molar-refractivity contribution < 1.29 is 34.8 Å². The number of anilines is 3. The van der Waals surface area contributed by atoms with Crippen molar-refractivity contribution in [2.24, 2.45) is 0 Å². The van der Waals surface area contributed by atoms with Gasteiger partial charge >= 0.3 is 0 Å². The minimum absolute atomic E-state index is 0.290. The first-order valence-electron chi connectivity index (χ1n) is 7.99. The van der Waals surface area contributed by atoms with Crippen LogP contribution in [-0.2, 0) is 14.3 Å². The van der Waals surface area contributed by atoms with Gasteiger partial charge in [-0.1, -0.05) is 0 Å². The number of aliphatic hydroxyl groups excluding tert-OH is 4. The molecule has 2 rings (SSSR count). The molecular formula is C16H23N3O7. The second kappa shape index (κ2) is 8.43. The number of carbonyl (C=O) groups excluding carboxylic acids is 2. The molecular weight excluding hydrogens is 346 g/mol. The van der Waals surface area contributed by atoms with Crippen LogP contribution < -0.4 is 16.0 Å². The number of hydrogen-bond acceptors (Lipinski definition) is 8. The maximum Gasteiger partial charge on any atom is 0.221 e. The minimum Gasteiger partial charge on any atom is -0.394 e. The zero-order valence-electron chi connectivity index (χ0n) is 14.3. The van der Waals surface area contributed by atoms with Gasteiger partial charge in [-0.25, -0.2) is 0 Å². The maximum absolute atomic E-state index is 11.4. The van der Waals surface area contributed by atoms with Crippen molar-refractivity contribution >= 4 is 28.9 Å². The van der Waals surface area contributed by atoms with Crippen LogP contribution in [0.2, 0.25) is 0 Å². The summed E-state index contributed by atoms with van der Waals surface area (Å²) in [5, 5.41) is 46.8. The van der Waals surface area contributed by atoms with E-state index < -0.39 is 37.3 Å². The van der Waals surface area contributed by atoms with Crippen LogP contribution in [0.4, 0.5) is 17.1 Å². The Hall–Kier alpha value is -2.24. The summed E-state index contributed by atoms with van der Waals surface area (Å²) in [4.78, 5) is 22.6. The van der Waals surface area contributed by atoms with Gasteiger partial charge in [0.2, 0.25) is 11.8 Å². The summed E-state index contributed by atoms with van der Waals surface area (Å²) >= 11 is 0. The van der Waals surface area contributed by atoms with E-state index in [1.807, 2.05) is 0 Å². The van der Waals surface area contributed by atoms with Gasteiger partial charge in [0.15, 0.2) is 6.23 Å². The van der Waals surface area contributed by atoms with Crippen LogP contribution >= 0.6 is 0 Å². The molecule has 0 unspecified atom stereocenters. The summed E-state index contributed by atoms with van der Waals surface area (Å²) in [7, 11) is 0. The molecule has 1 aliphatic heterocycles. The number of amides is 2. The molecule has 1 aliphatic rings. The molecule has 10 nitrogen and oxygen atoms in total. The molecule has 7 N–H and O–H groups in total. The first-order valence-corrected chi connectivity index (χ1v) is 7.99. The number of aliphatic hydroxyl groups is 4. The third kappa shape index (κ3) is 4.68. The highest BCUT2D eigenvalue weighted by Gasteiger charge is 2.46. The minimum atomic E-state index is -1.42. The standard InChI is InChI=1S/C16H23N3O7/c1-7(21)17-9-3-4-10(18-8(2)22)11(5-9)19-16-14(25)13(24)15(26-16)12(23)6-20/h3-5,12-16,19-20,23-25H,6H2,1-2H3,(H,17,21)(H,18,22)/t12-,13-,14-,15-,16+/m1/s1. The molecule has 0 bridgehead atoms. The Kier molecular flexibility index (Phi) is 6.51. The third-order valence-corrected chi connectivity index (χ3v) is 3.82. The lowest BCUT2D eigenvalue weighted by Gasteiger charge is -2.21. The second-order valence-electron chi connectivity index (χ2n) is 6.02. The largest absolute Gasteiger partial charge is 0.394 e. The molecule has 0 spiro atoms. The smallest absolute Gasteiger partial charge is 0.221 e. The Labute approximate surface area is 149 Å². The molecule has 0 aliphatic carbocycles. The van der Waals surface area contributed by atoms with E-state index in [0.717, 1.165) is 0 Å². The predicted molar refractivity (Wildman–Crippen MR) is 92.4 cm³/mol. The molecule has 26 heavy (non-hydrogen) atoms. The molecule has 10 heteroatoms. The van der Waals surface area contributed by atoms with Crippen molar-refractivity contribution in [2.75, 3.05) is 22.6 Å². The molecule has 1 heterocycles. The fourth-order valence-electron chi connectivity index (χ4n) is 2.64. The van der Waals surface area contributed by atoms with Crippen LogP contribution in [0.5, 0.6) is 0 Å². The van der Waals surface area contributed by atoms with Gasteiger partial charge in [0.1, 0.15) is 24.4 Å². The Morgan fingerprint density at radius 3 is 2.35 bits per heavy atom. The van der Waals surface area contributed by atoms with Crippen molar-refractivity contribution in [1.82, 2.24) is 0 Å². The Bertz CT molecular complexity index is 669. The summed E-state index contributed by atoms with van der Waals surface area (Å²) in [6.07, 6.45) is -6.48. The maximum atomic E-state index is 11.4. The van der Waals surface area contributed by atoms with Gasteiger partial charge in [0, 0.05) is 19.5 Å². The lowest BCUT2D eigenvalue weighted by molar-refractivity contribution is -0.115. The first kappa shape index (κ1) is 20.1. The van der Waals surface area contributed by atoms with Crippen LogP contribution in [-0.4, -0.2) is 69.5 Å². The fraction of sp³-hybridized carbons (Fsp3) is 0.500. The van der Waals surface area contributed by atoms with Crippen LogP contribution in [0.25, 0.3) is 0 Å². The van der Waals surface area contributed by atoms with Gasteiger partial charge in [-0.3, -0.25) is 9.59 Å². The zero-order chi connectivity index (χ0) is 19.4. The molecule has 2 amide bonds. The van der Waals surface area contributed by atoms with Crippen molar-refractivity contribution in [3.63, 3.8) is 0 Å². The van der Waals surface area contributed by atoms with Crippen molar-refractivity contribution in [3.8, 4) is 0 Å². The van der Waals surface area contributed by atoms with Gasteiger partial charge in [-0.05, 0) is 18.2 Å². The summed E-state index contributed by atoms with van der Waals surface area (Å²) in [5.41, 5.74) is 1.12. The van der Waals surface area contributed by atoms with Gasteiger partial charge in [0.25, 0.3) is 0 Å². The number of carbonyl (C=O) groups is 2. The summed E-state index contributed by atoms with van der Waals surface area (Å²) in [6.45, 7) is 2.02. The summed E-state index contributed by atoms with van der Waals surface area (Å²) in [5.74, 6) is -0.622. The average Bonchev–Trinajstić information content (AvgIpc) is 2.84. The van der Waals surface area contributed by atoms with E-state index in [1.165, 1.54) is 19.9 Å². The number of nitrogens with one attached hydrogen (secondary N) is 3. The SMILES string of the molecule is CC(=O)Nc1ccc(NC(C)=O)c(N[C@H]2O[C@H]([C@H](O)CO)[C@H](O)[C@H]2O)c1. The highest BCUT2D eigenvalue weighted by molar-refractivity contribution is 5.95. The number of benzene rings is 1. The van der Waals surface area contributed by atoms with E-state index in [-0.39, 0.29) is 11.8 Å².